The van der Waals surface area contributed by atoms with E-state index in [1.54, 1.807) is 12.1 Å². The van der Waals surface area contributed by atoms with E-state index < -0.39 is 17.7 Å². The number of pyridine rings is 1. The van der Waals surface area contributed by atoms with Crippen LogP contribution in [0.25, 0.3) is 31.7 Å². The van der Waals surface area contributed by atoms with Crippen LogP contribution in [-0.4, -0.2) is 15.0 Å². The number of hydrogen-bond acceptors (Lipinski definition) is 4. The topological polar surface area (TPSA) is 78.6 Å². The summed E-state index contributed by atoms with van der Waals surface area (Å²) < 4.78 is 27.5. The van der Waals surface area contributed by atoms with Crippen molar-refractivity contribution in [3.05, 3.63) is 60.7 Å². The minimum absolute atomic E-state index is 0.0576. The first-order valence-electron chi connectivity index (χ1n) is 7.18. The maximum atomic E-state index is 13.7. The van der Waals surface area contributed by atoms with Crippen LogP contribution in [0.3, 0.4) is 0 Å². The standard InChI is InChI=1S/C16H7Cl2F2N3O2S/c17-7-2-1-5(3-8(7)18)9-4-6(13(19)20)10-11-12(26-15(10)21-9)14(24)23-16(25)22-11/h1-4,13H,(H2,22,23,24,25). The van der Waals surface area contributed by atoms with E-state index in [0.717, 1.165) is 11.3 Å². The summed E-state index contributed by atoms with van der Waals surface area (Å²) >= 11 is 12.8. The monoisotopic (exact) mass is 413 g/mol. The van der Waals surface area contributed by atoms with E-state index in [2.05, 4.69) is 15.0 Å². The summed E-state index contributed by atoms with van der Waals surface area (Å²) in [6, 6.07) is 5.90. The lowest BCUT2D eigenvalue weighted by Crippen LogP contribution is -2.20. The smallest absolute Gasteiger partial charge is 0.305 e. The van der Waals surface area contributed by atoms with Gasteiger partial charge in [0.15, 0.2) is 0 Å². The van der Waals surface area contributed by atoms with Gasteiger partial charge in [-0.1, -0.05) is 29.3 Å². The van der Waals surface area contributed by atoms with Crippen LogP contribution >= 0.6 is 34.5 Å². The van der Waals surface area contributed by atoms with Gasteiger partial charge in [-0.15, -0.1) is 11.3 Å². The van der Waals surface area contributed by atoms with Crippen LogP contribution in [0.1, 0.15) is 12.0 Å². The molecule has 0 saturated heterocycles. The van der Waals surface area contributed by atoms with Gasteiger partial charge in [-0.25, -0.2) is 18.6 Å². The summed E-state index contributed by atoms with van der Waals surface area (Å²) in [6.45, 7) is 0. The molecule has 3 heterocycles. The van der Waals surface area contributed by atoms with Crippen LogP contribution < -0.4 is 11.2 Å². The maximum Gasteiger partial charge on any atom is 0.326 e. The van der Waals surface area contributed by atoms with Gasteiger partial charge in [0, 0.05) is 16.5 Å². The molecular formula is C16H7Cl2F2N3O2S. The fourth-order valence-corrected chi connectivity index (χ4v) is 4.04. The molecule has 0 fully saturated rings. The van der Waals surface area contributed by atoms with Gasteiger partial charge in [0.25, 0.3) is 12.0 Å². The Morgan fingerprint density at radius 1 is 1.08 bits per heavy atom. The highest BCUT2D eigenvalue weighted by molar-refractivity contribution is 7.25. The Morgan fingerprint density at radius 2 is 1.85 bits per heavy atom. The third kappa shape index (κ3) is 2.70. The molecule has 4 aromatic rings. The number of hydrogen-bond donors (Lipinski definition) is 2. The summed E-state index contributed by atoms with van der Waals surface area (Å²) in [4.78, 5) is 32.6. The van der Waals surface area contributed by atoms with Gasteiger partial charge in [-0.3, -0.25) is 9.78 Å². The summed E-state index contributed by atoms with van der Waals surface area (Å²) in [5.74, 6) is 0. The molecule has 26 heavy (non-hydrogen) atoms. The molecule has 0 aliphatic carbocycles. The highest BCUT2D eigenvalue weighted by Gasteiger charge is 2.21. The third-order valence-corrected chi connectivity index (χ3v) is 5.64. The number of halogens is 4. The van der Waals surface area contributed by atoms with Crippen molar-refractivity contribution < 1.29 is 8.78 Å². The van der Waals surface area contributed by atoms with E-state index in [1.165, 1.54) is 12.1 Å². The van der Waals surface area contributed by atoms with Crippen LogP contribution in [0.5, 0.6) is 0 Å². The Labute approximate surface area is 157 Å². The lowest BCUT2D eigenvalue weighted by Gasteiger charge is -2.08. The van der Waals surface area contributed by atoms with Crippen LogP contribution in [0.4, 0.5) is 8.78 Å². The molecule has 4 rings (SSSR count). The molecule has 0 saturated carbocycles. The molecule has 0 unspecified atom stereocenters. The SMILES string of the molecule is O=c1[nH]c(=O)c2sc3nc(-c4ccc(Cl)c(Cl)c4)cc(C(F)F)c3c2[nH]1. The second kappa shape index (κ2) is 6.15. The average molecular weight is 414 g/mol. The quantitative estimate of drug-likeness (QED) is 0.498. The van der Waals surface area contributed by atoms with Gasteiger partial charge in [0.1, 0.15) is 9.53 Å². The van der Waals surface area contributed by atoms with Gasteiger partial charge in [-0.05, 0) is 18.2 Å². The number of alkyl halides is 2. The van der Waals surface area contributed by atoms with Crippen molar-refractivity contribution >= 4 is 55.0 Å². The summed E-state index contributed by atoms with van der Waals surface area (Å²) in [6.07, 6.45) is -2.83. The van der Waals surface area contributed by atoms with Crippen LogP contribution in [-0.2, 0) is 0 Å². The van der Waals surface area contributed by atoms with Crippen LogP contribution in [0.15, 0.2) is 33.9 Å². The van der Waals surface area contributed by atoms with Gasteiger partial charge in [0.2, 0.25) is 0 Å². The van der Waals surface area contributed by atoms with Crippen molar-refractivity contribution in [2.75, 3.05) is 0 Å². The third-order valence-electron chi connectivity index (χ3n) is 3.81. The molecule has 0 bridgehead atoms. The minimum atomic E-state index is -2.83. The first kappa shape index (κ1) is 17.1. The average Bonchev–Trinajstić information content (AvgIpc) is 2.95. The first-order valence-corrected chi connectivity index (χ1v) is 8.75. The van der Waals surface area contributed by atoms with E-state index in [-0.39, 0.29) is 36.7 Å². The van der Waals surface area contributed by atoms with E-state index in [4.69, 9.17) is 23.2 Å². The fourth-order valence-electron chi connectivity index (χ4n) is 2.69. The summed E-state index contributed by atoms with van der Waals surface area (Å²) in [5.41, 5.74) is -0.926. The maximum absolute atomic E-state index is 13.7. The Balaban J connectivity index is 2.11. The molecular weight excluding hydrogens is 407 g/mol. The number of benzene rings is 1. The lowest BCUT2D eigenvalue weighted by molar-refractivity contribution is 0.153. The molecule has 5 nitrogen and oxygen atoms in total. The molecule has 0 radical (unpaired) electrons. The van der Waals surface area contributed by atoms with E-state index in [0.29, 0.717) is 10.6 Å². The van der Waals surface area contributed by atoms with Gasteiger partial charge in [-0.2, -0.15) is 0 Å². The number of aromatic amines is 2. The second-order valence-corrected chi connectivity index (χ2v) is 7.23. The minimum Gasteiger partial charge on any atom is -0.305 e. The summed E-state index contributed by atoms with van der Waals surface area (Å²) in [7, 11) is 0. The normalized spacial score (nSPS) is 11.7. The number of fused-ring (bicyclic) bond motifs is 3. The molecule has 2 N–H and O–H groups in total. The molecule has 3 aromatic heterocycles. The van der Waals surface area contributed by atoms with Crippen molar-refractivity contribution in [1.29, 1.82) is 0 Å². The lowest BCUT2D eigenvalue weighted by atomic mass is 10.1. The van der Waals surface area contributed by atoms with Crippen molar-refractivity contribution in [2.45, 2.75) is 6.43 Å². The Morgan fingerprint density at radius 3 is 2.54 bits per heavy atom. The molecule has 132 valence electrons. The molecule has 0 aliphatic rings. The van der Waals surface area contributed by atoms with Crippen LogP contribution in [0, 0.1) is 0 Å². The summed E-state index contributed by atoms with van der Waals surface area (Å²) in [5, 5.41) is 0.658. The number of aromatic nitrogens is 3. The predicted octanol–water partition coefficient (Wildman–Crippen LogP) is 4.74. The number of rotatable bonds is 2. The second-order valence-electron chi connectivity index (χ2n) is 5.42. The zero-order valence-corrected chi connectivity index (χ0v) is 14.9. The fraction of sp³-hybridized carbons (Fsp3) is 0.0625. The van der Waals surface area contributed by atoms with E-state index >= 15 is 0 Å². The van der Waals surface area contributed by atoms with Gasteiger partial charge >= 0.3 is 5.69 Å². The number of H-pyrrole nitrogens is 2. The Bertz CT molecular complexity index is 1300. The zero-order valence-electron chi connectivity index (χ0n) is 12.6. The van der Waals surface area contributed by atoms with Gasteiger partial charge < -0.3 is 4.98 Å². The number of thiophene rings is 1. The highest BCUT2D eigenvalue weighted by Crippen LogP contribution is 2.38. The molecule has 1 aromatic carbocycles. The molecule has 0 amide bonds. The van der Waals surface area contributed by atoms with Gasteiger partial charge in [0.05, 0.1) is 21.3 Å². The van der Waals surface area contributed by atoms with Crippen molar-refractivity contribution in [3.63, 3.8) is 0 Å². The molecule has 0 spiro atoms. The van der Waals surface area contributed by atoms with E-state index in [1.807, 2.05) is 0 Å². The van der Waals surface area contributed by atoms with E-state index in [9.17, 15) is 18.4 Å². The van der Waals surface area contributed by atoms with Crippen LogP contribution in [0.2, 0.25) is 10.0 Å². The number of nitrogens with zero attached hydrogens (tertiary/aromatic N) is 1. The van der Waals surface area contributed by atoms with Crippen molar-refractivity contribution in [3.8, 4) is 11.3 Å². The van der Waals surface area contributed by atoms with Crippen molar-refractivity contribution in [1.82, 2.24) is 15.0 Å². The Kier molecular flexibility index (Phi) is 4.06. The number of nitrogens with one attached hydrogen (secondary N) is 2. The predicted molar refractivity (Wildman–Crippen MR) is 98.8 cm³/mol. The Hall–Kier alpha value is -2.29. The molecule has 0 aliphatic heterocycles. The highest BCUT2D eigenvalue weighted by atomic mass is 35.5. The largest absolute Gasteiger partial charge is 0.326 e. The zero-order chi connectivity index (χ0) is 18.6. The molecule has 10 heteroatoms. The molecule has 0 atom stereocenters. The van der Waals surface area contributed by atoms with Crippen molar-refractivity contribution in [2.24, 2.45) is 0 Å². The first-order chi connectivity index (χ1) is 12.3.